The molecule has 1 aromatic carbocycles. The van der Waals surface area contributed by atoms with Crippen molar-refractivity contribution in [2.45, 2.75) is 0 Å². The van der Waals surface area contributed by atoms with Gasteiger partial charge in [0.1, 0.15) is 12.0 Å². The average molecular weight is 466 g/mol. The number of thioether (sulfide) groups is 1. The van der Waals surface area contributed by atoms with Gasteiger partial charge in [-0.25, -0.2) is 4.79 Å². The molecule has 0 radical (unpaired) electrons. The molecule has 0 spiro atoms. The maximum atomic E-state index is 12.9. The number of urea groups is 1. The Balaban J connectivity index is 1.85. The van der Waals surface area contributed by atoms with Crippen LogP contribution in [0.4, 0.5) is 10.5 Å². The van der Waals surface area contributed by atoms with Crippen LogP contribution in [0.25, 0.3) is 0 Å². The largest absolute Gasteiger partial charge is 0.495 e. The summed E-state index contributed by atoms with van der Waals surface area (Å²) in [6.45, 7) is 0.216. The average Bonchev–Trinajstić information content (AvgIpc) is 2.75. The first-order valence-corrected chi connectivity index (χ1v) is 10.6. The van der Waals surface area contributed by atoms with E-state index in [1.807, 2.05) is 0 Å². The van der Waals surface area contributed by atoms with Crippen LogP contribution in [-0.4, -0.2) is 80.0 Å². The lowest BCUT2D eigenvalue weighted by molar-refractivity contribution is -0.407. The Bertz CT molecular complexity index is 1040. The number of hydrogen-bond acceptors (Lipinski definition) is 7. The molecule has 0 saturated heterocycles. The predicted molar refractivity (Wildman–Crippen MR) is 119 cm³/mol. The van der Waals surface area contributed by atoms with Crippen molar-refractivity contribution in [1.29, 1.82) is 0 Å². The highest BCUT2D eigenvalue weighted by Crippen LogP contribution is 2.35. The number of amides is 4. The van der Waals surface area contributed by atoms with Crippen LogP contribution in [0.5, 0.6) is 5.75 Å². The molecule has 0 aromatic heterocycles. The standard InChI is InChI=1S/C20H21ClN4O5S/c1-24-18-16(19(27)25(2)20(24)28)17(11(8-22-18)9-29-3)31-10-15(26)23-13-7-12(21)5-6-14(13)30-4/h5-8,16H,9-10H2,1-4H3/p+1. The van der Waals surface area contributed by atoms with Gasteiger partial charge < -0.3 is 14.8 Å². The summed E-state index contributed by atoms with van der Waals surface area (Å²) in [4.78, 5) is 43.8. The van der Waals surface area contributed by atoms with Crippen LogP contribution in [0, 0.1) is 5.92 Å². The van der Waals surface area contributed by atoms with Gasteiger partial charge in [-0.15, -0.1) is 16.8 Å². The minimum absolute atomic E-state index is 0.0183. The summed E-state index contributed by atoms with van der Waals surface area (Å²) in [6, 6.07) is 4.46. The van der Waals surface area contributed by atoms with Gasteiger partial charge in [0, 0.05) is 22.6 Å². The number of anilines is 1. The number of rotatable bonds is 7. The Labute approximate surface area is 188 Å². The van der Waals surface area contributed by atoms with Crippen LogP contribution in [0.2, 0.25) is 5.02 Å². The maximum absolute atomic E-state index is 12.9. The molecule has 0 bridgehead atoms. The molecule has 11 heteroatoms. The van der Waals surface area contributed by atoms with Crippen molar-refractivity contribution in [3.63, 3.8) is 0 Å². The molecule has 9 nitrogen and oxygen atoms in total. The Morgan fingerprint density at radius 2 is 2.10 bits per heavy atom. The van der Waals surface area contributed by atoms with Gasteiger partial charge >= 0.3 is 11.9 Å². The number of dihydropyridines is 1. The third kappa shape index (κ3) is 4.65. The van der Waals surface area contributed by atoms with E-state index in [4.69, 9.17) is 21.1 Å². The van der Waals surface area contributed by atoms with Crippen LogP contribution in [0.3, 0.4) is 0 Å². The Kier molecular flexibility index (Phi) is 7.14. The van der Waals surface area contributed by atoms with Gasteiger partial charge in [0.05, 0.1) is 39.3 Å². The van der Waals surface area contributed by atoms with Crippen molar-refractivity contribution in [2.24, 2.45) is 10.9 Å². The van der Waals surface area contributed by atoms with E-state index in [-0.39, 0.29) is 18.3 Å². The number of carbonyl (C=O) groups is 3. The fourth-order valence-corrected chi connectivity index (χ4v) is 4.45. The van der Waals surface area contributed by atoms with Crippen molar-refractivity contribution in [1.82, 2.24) is 4.90 Å². The molecule has 3 rings (SSSR count). The second-order valence-electron chi connectivity index (χ2n) is 6.79. The number of methoxy groups -OCH3 is 2. The van der Waals surface area contributed by atoms with E-state index in [2.05, 4.69) is 10.3 Å². The molecule has 1 atom stereocenters. The minimum atomic E-state index is -0.777. The molecule has 2 heterocycles. The molecule has 1 unspecified atom stereocenters. The number of halogens is 1. The van der Waals surface area contributed by atoms with E-state index in [1.54, 1.807) is 31.5 Å². The lowest BCUT2D eigenvalue weighted by Gasteiger charge is -2.28. The van der Waals surface area contributed by atoms with Gasteiger partial charge in [-0.05, 0) is 18.2 Å². The molecule has 1 N–H and O–H groups in total. The number of imide groups is 1. The van der Waals surface area contributed by atoms with Crippen molar-refractivity contribution >= 4 is 58.9 Å². The van der Waals surface area contributed by atoms with Crippen LogP contribution in [0.1, 0.15) is 0 Å². The Morgan fingerprint density at radius 3 is 2.77 bits per heavy atom. The monoisotopic (exact) mass is 465 g/mol. The number of ether oxygens (including phenoxy) is 2. The van der Waals surface area contributed by atoms with Gasteiger partial charge in [-0.2, -0.15) is 9.48 Å². The number of carbonyl (C=O) groups excluding carboxylic acids is 3. The second-order valence-corrected chi connectivity index (χ2v) is 8.25. The molecule has 1 aromatic rings. The zero-order chi connectivity index (χ0) is 22.7. The zero-order valence-electron chi connectivity index (χ0n) is 17.5. The molecule has 0 saturated carbocycles. The second kappa shape index (κ2) is 9.63. The molecule has 0 fully saturated rings. The molecule has 4 amide bonds. The van der Waals surface area contributed by atoms with Gasteiger partial charge in [-0.3, -0.25) is 9.59 Å². The summed E-state index contributed by atoms with van der Waals surface area (Å²) in [5.41, 5.74) is 1.13. The summed E-state index contributed by atoms with van der Waals surface area (Å²) in [6.07, 6.45) is 1.57. The molecule has 31 heavy (non-hydrogen) atoms. The van der Waals surface area contributed by atoms with Gasteiger partial charge in [0.25, 0.3) is 5.84 Å². The number of aliphatic imine (C=N–C) groups is 1. The van der Waals surface area contributed by atoms with Gasteiger partial charge in [0.15, 0.2) is 5.92 Å². The number of fused-ring (bicyclic) bond motifs is 1. The fraction of sp³-hybridized carbons (Fsp3) is 0.350. The first kappa shape index (κ1) is 23.0. The highest BCUT2D eigenvalue weighted by molar-refractivity contribution is 8.03. The smallest absolute Gasteiger partial charge is 0.445 e. The SMILES string of the molecule is COCC1=C(SCC(=O)Nc2cc(Cl)ccc2OC)C2C(=O)N(C)C(=O)[N+](C)=C2N=C1. The lowest BCUT2D eigenvalue weighted by Crippen LogP contribution is -2.53. The van der Waals surface area contributed by atoms with Crippen LogP contribution in [0.15, 0.2) is 33.7 Å². The summed E-state index contributed by atoms with van der Waals surface area (Å²) in [5, 5.41) is 3.23. The Hall–Kier alpha value is -2.69. The van der Waals surface area contributed by atoms with E-state index in [9.17, 15) is 14.4 Å². The number of amidine groups is 1. The normalized spacial score (nSPS) is 18.5. The predicted octanol–water partition coefficient (Wildman–Crippen LogP) is 2.25. The Morgan fingerprint density at radius 1 is 1.35 bits per heavy atom. The van der Waals surface area contributed by atoms with E-state index in [0.29, 0.717) is 32.8 Å². The lowest BCUT2D eigenvalue weighted by atomic mass is 9.98. The molecular weight excluding hydrogens is 444 g/mol. The van der Waals surface area contributed by atoms with Crippen molar-refractivity contribution in [3.05, 3.63) is 33.7 Å². The first-order valence-electron chi connectivity index (χ1n) is 9.22. The molecular formula is C20H22ClN4O5S+. The van der Waals surface area contributed by atoms with Crippen LogP contribution in [-0.2, 0) is 14.3 Å². The van der Waals surface area contributed by atoms with Crippen molar-refractivity contribution in [2.75, 3.05) is 46.0 Å². The van der Waals surface area contributed by atoms with Gasteiger partial charge in [0.2, 0.25) is 5.91 Å². The quantitative estimate of drug-likeness (QED) is 0.620. The summed E-state index contributed by atoms with van der Waals surface area (Å²) in [5.74, 6) is -0.659. The van der Waals surface area contributed by atoms with Crippen molar-refractivity contribution in [3.8, 4) is 5.75 Å². The summed E-state index contributed by atoms with van der Waals surface area (Å²) >= 11 is 7.22. The van der Waals surface area contributed by atoms with Crippen LogP contribution >= 0.6 is 23.4 Å². The van der Waals surface area contributed by atoms with E-state index in [1.165, 1.54) is 37.6 Å². The zero-order valence-corrected chi connectivity index (χ0v) is 19.0. The van der Waals surface area contributed by atoms with E-state index in [0.717, 1.165) is 4.90 Å². The van der Waals surface area contributed by atoms with Gasteiger partial charge in [-0.1, -0.05) is 11.6 Å². The van der Waals surface area contributed by atoms with Crippen LogP contribution < -0.4 is 10.1 Å². The fourth-order valence-electron chi connectivity index (χ4n) is 3.25. The van der Waals surface area contributed by atoms with E-state index >= 15 is 0 Å². The number of nitrogens with one attached hydrogen (secondary N) is 1. The summed E-state index contributed by atoms with van der Waals surface area (Å²) in [7, 11) is 6.02. The topological polar surface area (TPSA) is 100 Å². The molecule has 2 aliphatic heterocycles. The number of hydrogen-bond donors (Lipinski definition) is 1. The number of nitrogens with zero attached hydrogens (tertiary/aromatic N) is 3. The summed E-state index contributed by atoms with van der Waals surface area (Å²) < 4.78 is 11.8. The van der Waals surface area contributed by atoms with E-state index < -0.39 is 17.9 Å². The molecule has 2 aliphatic rings. The van der Waals surface area contributed by atoms with Crippen molar-refractivity contribution < 1.29 is 28.4 Å². The minimum Gasteiger partial charge on any atom is -0.495 e. The first-order chi connectivity index (χ1) is 14.8. The highest BCUT2D eigenvalue weighted by Gasteiger charge is 2.48. The number of benzene rings is 1. The third-order valence-corrected chi connectivity index (χ3v) is 6.23. The molecule has 164 valence electrons. The molecule has 0 aliphatic carbocycles. The maximum Gasteiger partial charge on any atom is 0.445 e. The third-order valence-electron chi connectivity index (χ3n) is 4.78. The highest BCUT2D eigenvalue weighted by atomic mass is 35.5.